The van der Waals surface area contributed by atoms with Gasteiger partial charge < -0.3 is 10.2 Å². The SMILES string of the molecule is O=C(c1ccc(SC(F)F)cc1)N1CCC(N2CCNCC2)C1. The van der Waals surface area contributed by atoms with Gasteiger partial charge in [-0.1, -0.05) is 11.8 Å². The molecule has 3 rings (SSSR count). The molecule has 0 aromatic heterocycles. The van der Waals surface area contributed by atoms with E-state index in [1.807, 2.05) is 4.90 Å². The van der Waals surface area contributed by atoms with Crippen molar-refractivity contribution in [1.82, 2.24) is 15.1 Å². The second-order valence-electron chi connectivity index (χ2n) is 5.88. The van der Waals surface area contributed by atoms with Crippen molar-refractivity contribution < 1.29 is 13.6 Å². The van der Waals surface area contributed by atoms with Crippen LogP contribution in [0.15, 0.2) is 29.2 Å². The lowest BCUT2D eigenvalue weighted by Gasteiger charge is -2.32. The monoisotopic (exact) mass is 341 g/mol. The predicted molar refractivity (Wildman–Crippen MR) is 87.1 cm³/mol. The van der Waals surface area contributed by atoms with E-state index in [0.29, 0.717) is 28.3 Å². The fraction of sp³-hybridized carbons (Fsp3) is 0.562. The fourth-order valence-corrected chi connectivity index (χ4v) is 3.73. The van der Waals surface area contributed by atoms with Crippen LogP contribution in [0, 0.1) is 0 Å². The highest BCUT2D eigenvalue weighted by molar-refractivity contribution is 7.99. The molecule has 1 amide bonds. The Bertz CT molecular complexity index is 535. The molecule has 0 spiro atoms. The van der Waals surface area contributed by atoms with E-state index in [9.17, 15) is 13.6 Å². The molecule has 0 aliphatic carbocycles. The Balaban J connectivity index is 1.58. The van der Waals surface area contributed by atoms with Crippen molar-refractivity contribution in [3.8, 4) is 0 Å². The number of piperazine rings is 1. The van der Waals surface area contributed by atoms with Crippen LogP contribution in [0.3, 0.4) is 0 Å². The zero-order chi connectivity index (χ0) is 16.2. The molecule has 2 aliphatic rings. The largest absolute Gasteiger partial charge is 0.337 e. The Morgan fingerprint density at radius 1 is 1.17 bits per heavy atom. The zero-order valence-corrected chi connectivity index (χ0v) is 13.7. The number of hydrogen-bond donors (Lipinski definition) is 1. The highest BCUT2D eigenvalue weighted by Gasteiger charge is 2.31. The zero-order valence-electron chi connectivity index (χ0n) is 12.9. The van der Waals surface area contributed by atoms with Crippen molar-refractivity contribution in [2.24, 2.45) is 0 Å². The van der Waals surface area contributed by atoms with Gasteiger partial charge in [-0.05, 0) is 30.7 Å². The minimum atomic E-state index is -2.44. The number of rotatable bonds is 4. The molecule has 4 nitrogen and oxygen atoms in total. The molecule has 2 fully saturated rings. The van der Waals surface area contributed by atoms with Gasteiger partial charge in [0.05, 0.1) is 0 Å². The normalized spacial score (nSPS) is 22.7. The van der Waals surface area contributed by atoms with Crippen LogP contribution in [0.4, 0.5) is 8.78 Å². The van der Waals surface area contributed by atoms with Gasteiger partial charge in [0, 0.05) is 55.8 Å². The van der Waals surface area contributed by atoms with Crippen LogP contribution >= 0.6 is 11.8 Å². The number of likely N-dealkylation sites (tertiary alicyclic amines) is 1. The molecular weight excluding hydrogens is 320 g/mol. The van der Waals surface area contributed by atoms with E-state index in [2.05, 4.69) is 10.2 Å². The van der Waals surface area contributed by atoms with Crippen molar-refractivity contribution in [3.63, 3.8) is 0 Å². The number of halogens is 2. The minimum Gasteiger partial charge on any atom is -0.337 e. The maximum atomic E-state index is 12.5. The lowest BCUT2D eigenvalue weighted by molar-refractivity contribution is 0.0773. The summed E-state index contributed by atoms with van der Waals surface area (Å²) in [5.74, 6) is -2.44. The summed E-state index contributed by atoms with van der Waals surface area (Å²) < 4.78 is 24.6. The van der Waals surface area contributed by atoms with E-state index >= 15 is 0 Å². The van der Waals surface area contributed by atoms with Crippen LogP contribution in [0.1, 0.15) is 16.8 Å². The van der Waals surface area contributed by atoms with Gasteiger partial charge in [-0.15, -0.1) is 0 Å². The minimum absolute atomic E-state index is 0.00349. The number of nitrogens with one attached hydrogen (secondary N) is 1. The van der Waals surface area contributed by atoms with Gasteiger partial charge in [0.25, 0.3) is 11.7 Å². The smallest absolute Gasteiger partial charge is 0.288 e. The Morgan fingerprint density at radius 2 is 1.87 bits per heavy atom. The average Bonchev–Trinajstić information content (AvgIpc) is 3.05. The summed E-state index contributed by atoms with van der Waals surface area (Å²) in [5, 5.41) is 3.34. The number of hydrogen-bond acceptors (Lipinski definition) is 4. The van der Waals surface area contributed by atoms with Crippen LogP contribution in [0.2, 0.25) is 0 Å². The number of benzene rings is 1. The maximum absolute atomic E-state index is 12.5. The van der Waals surface area contributed by atoms with Gasteiger partial charge in [0.2, 0.25) is 0 Å². The van der Waals surface area contributed by atoms with Gasteiger partial charge in [0.1, 0.15) is 0 Å². The molecule has 23 heavy (non-hydrogen) atoms. The molecular formula is C16H21F2N3OS. The Morgan fingerprint density at radius 3 is 2.52 bits per heavy atom. The number of carbonyl (C=O) groups excluding carboxylic acids is 1. The van der Waals surface area contributed by atoms with Crippen molar-refractivity contribution in [1.29, 1.82) is 0 Å². The van der Waals surface area contributed by atoms with E-state index in [-0.39, 0.29) is 5.91 Å². The van der Waals surface area contributed by atoms with Crippen LogP contribution in [0.5, 0.6) is 0 Å². The Hall–Kier alpha value is -1.18. The molecule has 1 N–H and O–H groups in total. The molecule has 0 saturated carbocycles. The summed E-state index contributed by atoms with van der Waals surface area (Å²) in [6.07, 6.45) is 1.01. The van der Waals surface area contributed by atoms with Crippen molar-refractivity contribution in [3.05, 3.63) is 29.8 Å². The predicted octanol–water partition coefficient (Wildman–Crippen LogP) is 2.12. The number of amides is 1. The van der Waals surface area contributed by atoms with Gasteiger partial charge in [-0.3, -0.25) is 9.69 Å². The summed E-state index contributed by atoms with van der Waals surface area (Å²) >= 11 is 0.499. The van der Waals surface area contributed by atoms with Crippen LogP contribution in [-0.4, -0.2) is 66.8 Å². The van der Waals surface area contributed by atoms with Gasteiger partial charge >= 0.3 is 0 Å². The molecule has 1 unspecified atom stereocenters. The van der Waals surface area contributed by atoms with Gasteiger partial charge in [-0.2, -0.15) is 8.78 Å². The van der Waals surface area contributed by atoms with Gasteiger partial charge in [0.15, 0.2) is 0 Å². The van der Waals surface area contributed by atoms with E-state index in [0.717, 1.165) is 45.7 Å². The molecule has 2 aliphatic heterocycles. The van der Waals surface area contributed by atoms with Crippen LogP contribution in [0.25, 0.3) is 0 Å². The third-order valence-electron chi connectivity index (χ3n) is 4.45. The molecule has 1 aromatic rings. The molecule has 1 atom stereocenters. The first-order valence-electron chi connectivity index (χ1n) is 7.92. The summed E-state index contributed by atoms with van der Waals surface area (Å²) in [7, 11) is 0. The quantitative estimate of drug-likeness (QED) is 0.851. The highest BCUT2D eigenvalue weighted by Crippen LogP contribution is 2.26. The highest BCUT2D eigenvalue weighted by atomic mass is 32.2. The molecule has 0 radical (unpaired) electrons. The first-order valence-corrected chi connectivity index (χ1v) is 8.80. The van der Waals surface area contributed by atoms with Gasteiger partial charge in [-0.25, -0.2) is 0 Å². The molecule has 7 heteroatoms. The molecule has 1 aromatic carbocycles. The third kappa shape index (κ3) is 4.22. The standard InChI is InChI=1S/C16H21F2N3OS/c17-16(18)23-14-3-1-12(2-4-14)15(22)21-8-5-13(11-21)20-9-6-19-7-10-20/h1-4,13,16,19H,5-11H2. The van der Waals surface area contributed by atoms with Crippen LogP contribution < -0.4 is 5.32 Å². The summed E-state index contributed by atoms with van der Waals surface area (Å²) in [6, 6.07) is 6.91. The maximum Gasteiger partial charge on any atom is 0.288 e. The Kier molecular flexibility index (Phi) is 5.50. The summed E-state index contributed by atoms with van der Waals surface area (Å²) in [5.41, 5.74) is 0.574. The summed E-state index contributed by atoms with van der Waals surface area (Å²) in [6.45, 7) is 5.60. The topological polar surface area (TPSA) is 35.6 Å². The number of alkyl halides is 2. The fourth-order valence-electron chi connectivity index (χ4n) is 3.23. The molecule has 2 heterocycles. The third-order valence-corrected chi connectivity index (χ3v) is 5.17. The first-order chi connectivity index (χ1) is 11.1. The molecule has 126 valence electrons. The average molecular weight is 341 g/mol. The lowest BCUT2D eigenvalue weighted by Crippen LogP contribution is -2.49. The number of nitrogens with zero attached hydrogens (tertiary/aromatic N) is 2. The lowest BCUT2D eigenvalue weighted by atomic mass is 10.2. The van der Waals surface area contributed by atoms with Crippen LogP contribution in [-0.2, 0) is 0 Å². The second kappa shape index (κ2) is 7.59. The van der Waals surface area contributed by atoms with E-state index in [1.165, 1.54) is 0 Å². The Labute approximate surface area is 139 Å². The van der Waals surface area contributed by atoms with E-state index in [4.69, 9.17) is 0 Å². The number of carbonyl (C=O) groups is 1. The molecule has 0 bridgehead atoms. The van der Waals surface area contributed by atoms with Crippen molar-refractivity contribution in [2.75, 3.05) is 39.3 Å². The number of thioether (sulfide) groups is 1. The first kappa shape index (κ1) is 16.7. The second-order valence-corrected chi connectivity index (χ2v) is 6.95. The van der Waals surface area contributed by atoms with E-state index in [1.54, 1.807) is 24.3 Å². The molecule has 2 saturated heterocycles. The van der Waals surface area contributed by atoms with Crippen molar-refractivity contribution in [2.45, 2.75) is 23.1 Å². The van der Waals surface area contributed by atoms with Crippen molar-refractivity contribution >= 4 is 17.7 Å². The van der Waals surface area contributed by atoms with E-state index < -0.39 is 5.76 Å². The summed E-state index contributed by atoms with van der Waals surface area (Å²) in [4.78, 5) is 17.4.